The van der Waals surface area contributed by atoms with Crippen molar-refractivity contribution < 1.29 is 28.2 Å². The van der Waals surface area contributed by atoms with E-state index in [1.54, 1.807) is 13.8 Å². The van der Waals surface area contributed by atoms with Crippen LogP contribution in [0.4, 0.5) is 19.0 Å². The smallest absolute Gasteiger partial charge is 0.453 e. The second-order valence-electron chi connectivity index (χ2n) is 5.29. The Morgan fingerprint density at radius 2 is 1.87 bits per heavy atom. The number of hydrogen-bond donors (Lipinski definition) is 3. The van der Waals surface area contributed by atoms with Crippen LogP contribution < -0.4 is 5.32 Å². The molecule has 0 aliphatic heterocycles. The predicted octanol–water partition coefficient (Wildman–Crippen LogP) is 1.01. The van der Waals surface area contributed by atoms with Gasteiger partial charge in [0, 0.05) is 5.56 Å². The summed E-state index contributed by atoms with van der Waals surface area (Å²) in [4.78, 5) is 10.9. The first-order chi connectivity index (χ1) is 10.4. The van der Waals surface area contributed by atoms with E-state index in [9.17, 15) is 23.1 Å². The van der Waals surface area contributed by atoms with Crippen LogP contribution in [0.2, 0.25) is 0 Å². The Bertz CT molecular complexity index is 769. The minimum absolute atomic E-state index is 0.00169. The van der Waals surface area contributed by atoms with E-state index in [1.807, 2.05) is 0 Å². The summed E-state index contributed by atoms with van der Waals surface area (Å²) in [6, 6.07) is 0. The molecule has 0 aliphatic carbocycles. The monoisotopic (exact) mass is 333 g/mol. The third-order valence-corrected chi connectivity index (χ3v) is 3.41. The molecule has 1 unspecified atom stereocenters. The van der Waals surface area contributed by atoms with Crippen molar-refractivity contribution in [3.05, 3.63) is 17.0 Å². The molecule has 3 N–H and O–H groups in total. The molecule has 126 valence electrons. The maximum absolute atomic E-state index is 12.9. The van der Waals surface area contributed by atoms with Crippen molar-refractivity contribution in [3.63, 3.8) is 0 Å². The van der Waals surface area contributed by atoms with Crippen LogP contribution in [-0.2, 0) is 11.0 Å². The number of aliphatic carboxylic acids is 1. The standard InChI is InChI=1S/C12H14F3N5O3/c1-5-6(2)8-17-18-9(12(13,14)15)20(8)19-7(5)16-4-11(3,23)10(21)22/h23H,4H2,1-3H3,(H,16,19)(H,21,22). The van der Waals surface area contributed by atoms with Gasteiger partial charge in [0.25, 0.3) is 5.82 Å². The summed E-state index contributed by atoms with van der Waals surface area (Å²) in [6.45, 7) is 3.75. The van der Waals surface area contributed by atoms with Crippen molar-refractivity contribution in [2.24, 2.45) is 0 Å². The van der Waals surface area contributed by atoms with Gasteiger partial charge in [-0.25, -0.2) is 4.79 Å². The van der Waals surface area contributed by atoms with Crippen LogP contribution >= 0.6 is 0 Å². The molecule has 2 aromatic rings. The highest BCUT2D eigenvalue weighted by molar-refractivity contribution is 5.77. The molecular formula is C12H14F3N5O3. The fourth-order valence-corrected chi connectivity index (χ4v) is 1.80. The van der Waals surface area contributed by atoms with Crippen LogP contribution in [0.25, 0.3) is 5.65 Å². The van der Waals surface area contributed by atoms with Crippen molar-refractivity contribution >= 4 is 17.4 Å². The number of alkyl halides is 3. The minimum Gasteiger partial charge on any atom is -0.479 e. The number of carboxylic acids is 1. The summed E-state index contributed by atoms with van der Waals surface area (Å²) < 4.78 is 39.2. The lowest BCUT2D eigenvalue weighted by Crippen LogP contribution is -2.42. The Balaban J connectivity index is 2.49. The summed E-state index contributed by atoms with van der Waals surface area (Å²) in [5.74, 6) is -2.76. The van der Waals surface area contributed by atoms with E-state index in [0.29, 0.717) is 15.6 Å². The first kappa shape index (κ1) is 16.9. The Kier molecular flexibility index (Phi) is 3.93. The maximum atomic E-state index is 12.9. The largest absolute Gasteiger partial charge is 0.479 e. The number of aromatic nitrogens is 4. The summed E-state index contributed by atoms with van der Waals surface area (Å²) in [5.41, 5.74) is -1.28. The molecule has 0 aromatic carbocycles. The number of nitrogens with one attached hydrogen (secondary N) is 1. The van der Waals surface area contributed by atoms with Crippen molar-refractivity contribution in [1.82, 2.24) is 19.8 Å². The number of fused-ring (bicyclic) bond motifs is 1. The van der Waals surface area contributed by atoms with Gasteiger partial charge in [-0.1, -0.05) is 0 Å². The van der Waals surface area contributed by atoms with E-state index in [-0.39, 0.29) is 11.5 Å². The second-order valence-corrected chi connectivity index (χ2v) is 5.29. The summed E-state index contributed by atoms with van der Waals surface area (Å²) in [5, 5.41) is 31.4. The number of anilines is 1. The van der Waals surface area contributed by atoms with Gasteiger partial charge in [-0.2, -0.15) is 17.7 Å². The topological polar surface area (TPSA) is 113 Å². The van der Waals surface area contributed by atoms with E-state index in [4.69, 9.17) is 5.11 Å². The van der Waals surface area contributed by atoms with Crippen LogP contribution in [0.1, 0.15) is 23.9 Å². The van der Waals surface area contributed by atoms with Crippen LogP contribution in [0.5, 0.6) is 0 Å². The lowest BCUT2D eigenvalue weighted by atomic mass is 10.1. The Hall–Kier alpha value is -2.43. The molecule has 0 radical (unpaired) electrons. The Labute approximate surface area is 127 Å². The van der Waals surface area contributed by atoms with E-state index < -0.39 is 30.1 Å². The maximum Gasteiger partial charge on any atom is 0.453 e. The van der Waals surface area contributed by atoms with E-state index in [0.717, 1.165) is 6.92 Å². The molecule has 11 heteroatoms. The zero-order valence-corrected chi connectivity index (χ0v) is 12.4. The predicted molar refractivity (Wildman–Crippen MR) is 72.0 cm³/mol. The molecular weight excluding hydrogens is 319 g/mol. The third kappa shape index (κ3) is 3.04. The highest BCUT2D eigenvalue weighted by atomic mass is 19.4. The molecule has 8 nitrogen and oxygen atoms in total. The number of halogens is 3. The van der Waals surface area contributed by atoms with Crippen molar-refractivity contribution in [2.75, 3.05) is 11.9 Å². The molecule has 2 heterocycles. The SMILES string of the molecule is Cc1c(NCC(C)(O)C(=O)O)nn2c(C(F)(F)F)nnc2c1C. The molecule has 0 saturated heterocycles. The first-order valence-corrected chi connectivity index (χ1v) is 6.44. The molecule has 0 bridgehead atoms. The Morgan fingerprint density at radius 3 is 2.39 bits per heavy atom. The van der Waals surface area contributed by atoms with Gasteiger partial charge in [0.05, 0.1) is 6.54 Å². The van der Waals surface area contributed by atoms with Crippen molar-refractivity contribution in [1.29, 1.82) is 0 Å². The molecule has 1 atom stereocenters. The van der Waals surface area contributed by atoms with E-state index in [1.165, 1.54) is 0 Å². The fourth-order valence-electron chi connectivity index (χ4n) is 1.80. The van der Waals surface area contributed by atoms with Gasteiger partial charge in [-0.05, 0) is 26.3 Å². The van der Waals surface area contributed by atoms with Gasteiger partial charge < -0.3 is 15.5 Å². The molecule has 0 fully saturated rings. The number of rotatable bonds is 4. The van der Waals surface area contributed by atoms with Gasteiger partial charge >= 0.3 is 12.1 Å². The quantitative estimate of drug-likeness (QED) is 0.765. The van der Waals surface area contributed by atoms with Gasteiger partial charge in [0.15, 0.2) is 17.1 Å². The number of aryl methyl sites for hydroxylation is 1. The van der Waals surface area contributed by atoms with Crippen molar-refractivity contribution in [3.8, 4) is 0 Å². The van der Waals surface area contributed by atoms with Crippen molar-refractivity contribution in [2.45, 2.75) is 32.5 Å². The number of aliphatic hydroxyl groups is 1. The fraction of sp³-hybridized carbons (Fsp3) is 0.500. The Morgan fingerprint density at radius 1 is 1.26 bits per heavy atom. The van der Waals surface area contributed by atoms with Gasteiger partial charge in [0.2, 0.25) is 0 Å². The number of nitrogens with zero attached hydrogens (tertiary/aromatic N) is 4. The van der Waals surface area contributed by atoms with E-state index >= 15 is 0 Å². The zero-order chi connectivity index (χ0) is 17.6. The first-order valence-electron chi connectivity index (χ1n) is 6.44. The zero-order valence-electron chi connectivity index (χ0n) is 12.4. The summed E-state index contributed by atoms with van der Waals surface area (Å²) in [7, 11) is 0. The van der Waals surface area contributed by atoms with Crippen LogP contribution in [0.3, 0.4) is 0 Å². The molecule has 2 rings (SSSR count). The molecule has 23 heavy (non-hydrogen) atoms. The highest BCUT2D eigenvalue weighted by Gasteiger charge is 2.38. The van der Waals surface area contributed by atoms with Gasteiger partial charge in [0.1, 0.15) is 0 Å². The number of carboxylic acid groups (broad SMARTS) is 1. The number of hydrogen-bond acceptors (Lipinski definition) is 6. The average Bonchev–Trinajstić information content (AvgIpc) is 2.85. The highest BCUT2D eigenvalue weighted by Crippen LogP contribution is 2.29. The molecule has 2 aromatic heterocycles. The summed E-state index contributed by atoms with van der Waals surface area (Å²) in [6.07, 6.45) is -4.74. The third-order valence-electron chi connectivity index (χ3n) is 3.41. The second kappa shape index (κ2) is 5.33. The molecule has 0 amide bonds. The van der Waals surface area contributed by atoms with Crippen LogP contribution in [0.15, 0.2) is 0 Å². The van der Waals surface area contributed by atoms with Gasteiger partial charge in [-0.3, -0.25) is 0 Å². The lowest BCUT2D eigenvalue weighted by molar-refractivity contribution is -0.155. The molecule has 0 spiro atoms. The molecule has 0 saturated carbocycles. The van der Waals surface area contributed by atoms with Gasteiger partial charge in [-0.15, -0.1) is 15.3 Å². The molecule has 0 aliphatic rings. The van der Waals surface area contributed by atoms with Crippen LogP contribution in [-0.4, -0.2) is 48.1 Å². The van der Waals surface area contributed by atoms with E-state index in [2.05, 4.69) is 20.6 Å². The average molecular weight is 333 g/mol. The number of carbonyl (C=O) groups is 1. The van der Waals surface area contributed by atoms with Crippen LogP contribution in [0, 0.1) is 13.8 Å². The summed E-state index contributed by atoms with van der Waals surface area (Å²) >= 11 is 0. The normalized spacial score (nSPS) is 14.7. The minimum atomic E-state index is -4.74. The lowest BCUT2D eigenvalue weighted by Gasteiger charge is -2.20.